The van der Waals surface area contributed by atoms with Gasteiger partial charge in [0.25, 0.3) is 5.91 Å². The number of nitrogens with one attached hydrogen (secondary N) is 1. The molecule has 0 aromatic carbocycles. The average Bonchev–Trinajstić information content (AvgIpc) is 2.76. The van der Waals surface area contributed by atoms with Gasteiger partial charge in [-0.15, -0.1) is 23.7 Å². The van der Waals surface area contributed by atoms with Crippen LogP contribution in [-0.4, -0.2) is 17.4 Å². The lowest BCUT2D eigenvalue weighted by Crippen LogP contribution is -2.25. The number of hydrogen-bond acceptors (Lipinski definition) is 3. The highest BCUT2D eigenvalue weighted by Crippen LogP contribution is 2.19. The van der Waals surface area contributed by atoms with Crippen molar-refractivity contribution in [1.29, 1.82) is 0 Å². The summed E-state index contributed by atoms with van der Waals surface area (Å²) in [5.41, 5.74) is 0.646. The van der Waals surface area contributed by atoms with Crippen molar-refractivity contribution in [2.45, 2.75) is 6.42 Å². The minimum Gasteiger partial charge on any atom is -0.352 e. The van der Waals surface area contributed by atoms with Crippen LogP contribution in [0.3, 0.4) is 0 Å². The molecule has 0 aliphatic heterocycles. The van der Waals surface area contributed by atoms with Gasteiger partial charge in [0.15, 0.2) is 0 Å². The molecular formula is C12H12BrClN2OS. The second-order valence-electron chi connectivity index (χ2n) is 3.47. The summed E-state index contributed by atoms with van der Waals surface area (Å²) < 4.78 is 1.10. The van der Waals surface area contributed by atoms with Gasteiger partial charge in [-0.25, -0.2) is 0 Å². The lowest BCUT2D eigenvalue weighted by Gasteiger charge is -2.03. The number of carbonyl (C=O) groups excluding carboxylic acids is 1. The maximum Gasteiger partial charge on any atom is 0.251 e. The van der Waals surface area contributed by atoms with Gasteiger partial charge in [-0.3, -0.25) is 9.78 Å². The van der Waals surface area contributed by atoms with Crippen LogP contribution in [-0.2, 0) is 6.42 Å². The Balaban J connectivity index is 0.00000162. The molecule has 1 amide bonds. The Morgan fingerprint density at radius 2 is 2.11 bits per heavy atom. The first-order chi connectivity index (χ1) is 8.25. The van der Waals surface area contributed by atoms with E-state index in [1.54, 1.807) is 35.9 Å². The van der Waals surface area contributed by atoms with Crippen molar-refractivity contribution in [1.82, 2.24) is 10.3 Å². The third-order valence-corrected chi connectivity index (χ3v) is 3.98. The molecule has 2 heterocycles. The molecule has 0 aliphatic rings. The fourth-order valence-corrected chi connectivity index (χ4v) is 2.84. The molecule has 2 aromatic heterocycles. The maximum atomic E-state index is 11.7. The van der Waals surface area contributed by atoms with Gasteiger partial charge in [0, 0.05) is 39.2 Å². The van der Waals surface area contributed by atoms with E-state index in [1.807, 2.05) is 5.38 Å². The molecule has 0 saturated heterocycles. The second kappa shape index (κ2) is 7.51. The van der Waals surface area contributed by atoms with E-state index in [1.165, 1.54) is 4.88 Å². The second-order valence-corrected chi connectivity index (χ2v) is 5.38. The van der Waals surface area contributed by atoms with Crippen molar-refractivity contribution >= 4 is 45.6 Å². The normalized spacial score (nSPS) is 9.61. The standard InChI is InChI=1S/C12H11BrN2OS.ClH/c13-10-7-11(17-8-10)3-6-15-12(16)9-1-4-14-5-2-9;/h1-2,4-5,7-8H,3,6H2,(H,15,16);1H. The highest BCUT2D eigenvalue weighted by molar-refractivity contribution is 9.10. The van der Waals surface area contributed by atoms with Crippen LogP contribution in [0.2, 0.25) is 0 Å². The zero-order valence-corrected chi connectivity index (χ0v) is 12.6. The first-order valence-electron chi connectivity index (χ1n) is 5.17. The van der Waals surface area contributed by atoms with Gasteiger partial charge in [-0.2, -0.15) is 0 Å². The molecule has 0 saturated carbocycles. The molecule has 2 rings (SSSR count). The molecule has 1 N–H and O–H groups in total. The number of rotatable bonds is 4. The molecule has 18 heavy (non-hydrogen) atoms. The largest absolute Gasteiger partial charge is 0.352 e. The topological polar surface area (TPSA) is 42.0 Å². The first-order valence-corrected chi connectivity index (χ1v) is 6.84. The van der Waals surface area contributed by atoms with Gasteiger partial charge in [0.2, 0.25) is 0 Å². The molecule has 0 spiro atoms. The van der Waals surface area contributed by atoms with Crippen LogP contribution in [0.1, 0.15) is 15.2 Å². The Bertz CT molecular complexity index is 504. The van der Waals surface area contributed by atoms with Crippen molar-refractivity contribution in [2.75, 3.05) is 6.54 Å². The summed E-state index contributed by atoms with van der Waals surface area (Å²) in [5.74, 6) is -0.0528. The Morgan fingerprint density at radius 3 is 2.72 bits per heavy atom. The lowest BCUT2D eigenvalue weighted by molar-refractivity contribution is 0.0954. The summed E-state index contributed by atoms with van der Waals surface area (Å²) in [5, 5.41) is 4.92. The van der Waals surface area contributed by atoms with Crippen molar-refractivity contribution in [3.63, 3.8) is 0 Å². The van der Waals surface area contributed by atoms with Gasteiger partial charge in [-0.05, 0) is 40.5 Å². The molecule has 0 aliphatic carbocycles. The van der Waals surface area contributed by atoms with E-state index in [0.29, 0.717) is 12.1 Å². The van der Waals surface area contributed by atoms with Crippen LogP contribution >= 0.6 is 39.7 Å². The predicted octanol–water partition coefficient (Wildman–Crippen LogP) is 3.30. The SMILES string of the molecule is Cl.O=C(NCCc1cc(Br)cs1)c1ccncc1. The monoisotopic (exact) mass is 346 g/mol. The molecule has 2 aromatic rings. The zero-order valence-electron chi connectivity index (χ0n) is 9.43. The molecule has 0 unspecified atom stereocenters. The summed E-state index contributed by atoms with van der Waals surface area (Å²) in [7, 11) is 0. The zero-order chi connectivity index (χ0) is 12.1. The highest BCUT2D eigenvalue weighted by atomic mass is 79.9. The number of aromatic nitrogens is 1. The van der Waals surface area contributed by atoms with Gasteiger partial charge < -0.3 is 5.32 Å². The quantitative estimate of drug-likeness (QED) is 0.922. The predicted molar refractivity (Wildman–Crippen MR) is 79.5 cm³/mol. The van der Waals surface area contributed by atoms with Gasteiger partial charge in [-0.1, -0.05) is 0 Å². The third kappa shape index (κ3) is 4.40. The van der Waals surface area contributed by atoms with Gasteiger partial charge in [0.1, 0.15) is 0 Å². The Morgan fingerprint density at radius 1 is 1.39 bits per heavy atom. The van der Waals surface area contributed by atoms with Crippen LogP contribution in [0.15, 0.2) is 40.4 Å². The minimum absolute atomic E-state index is 0. The Labute approximate surface area is 124 Å². The first kappa shape index (κ1) is 15.1. The summed E-state index contributed by atoms with van der Waals surface area (Å²) in [4.78, 5) is 16.8. The van der Waals surface area contributed by atoms with E-state index in [4.69, 9.17) is 0 Å². The van der Waals surface area contributed by atoms with E-state index < -0.39 is 0 Å². The van der Waals surface area contributed by atoms with Crippen LogP contribution in [0.4, 0.5) is 0 Å². The molecule has 6 heteroatoms. The van der Waals surface area contributed by atoms with Crippen LogP contribution in [0.25, 0.3) is 0 Å². The Hall–Kier alpha value is -0.910. The fourth-order valence-electron chi connectivity index (χ4n) is 1.39. The van der Waals surface area contributed by atoms with Crippen LogP contribution in [0, 0.1) is 0 Å². The number of nitrogens with zero attached hydrogens (tertiary/aromatic N) is 1. The molecule has 3 nitrogen and oxygen atoms in total. The van der Waals surface area contributed by atoms with Crippen LogP contribution < -0.4 is 5.32 Å². The number of carbonyl (C=O) groups is 1. The third-order valence-electron chi connectivity index (χ3n) is 2.22. The number of halogens is 2. The van der Waals surface area contributed by atoms with E-state index in [2.05, 4.69) is 32.3 Å². The molecular weight excluding hydrogens is 336 g/mol. The maximum absolute atomic E-state index is 11.7. The smallest absolute Gasteiger partial charge is 0.251 e. The van der Waals surface area contributed by atoms with Crippen molar-refractivity contribution in [3.05, 3.63) is 50.9 Å². The number of amides is 1. The molecule has 0 radical (unpaired) electrons. The van der Waals surface area contributed by atoms with Crippen molar-refractivity contribution < 1.29 is 4.79 Å². The molecule has 0 fully saturated rings. The average molecular weight is 348 g/mol. The fraction of sp³-hybridized carbons (Fsp3) is 0.167. The van der Waals surface area contributed by atoms with Gasteiger partial charge in [0.05, 0.1) is 0 Å². The van der Waals surface area contributed by atoms with Crippen molar-refractivity contribution in [3.8, 4) is 0 Å². The summed E-state index contributed by atoms with van der Waals surface area (Å²) in [6.07, 6.45) is 4.09. The van der Waals surface area contributed by atoms with E-state index >= 15 is 0 Å². The molecule has 0 bridgehead atoms. The summed E-state index contributed by atoms with van der Waals surface area (Å²) in [6.45, 7) is 0.647. The Kier molecular flexibility index (Phi) is 6.32. The van der Waals surface area contributed by atoms with Gasteiger partial charge >= 0.3 is 0 Å². The summed E-state index contributed by atoms with van der Waals surface area (Å²) in [6, 6.07) is 5.48. The number of hydrogen-bond donors (Lipinski definition) is 1. The summed E-state index contributed by atoms with van der Waals surface area (Å²) >= 11 is 5.09. The van der Waals surface area contributed by atoms with E-state index in [0.717, 1.165) is 10.9 Å². The highest BCUT2D eigenvalue weighted by Gasteiger charge is 2.04. The van der Waals surface area contributed by atoms with Crippen LogP contribution in [0.5, 0.6) is 0 Å². The number of thiophene rings is 1. The van der Waals surface area contributed by atoms with E-state index in [-0.39, 0.29) is 18.3 Å². The molecule has 96 valence electrons. The minimum atomic E-state index is -0.0528. The molecule has 0 atom stereocenters. The van der Waals surface area contributed by atoms with Crippen molar-refractivity contribution in [2.24, 2.45) is 0 Å². The number of pyridine rings is 1. The lowest BCUT2D eigenvalue weighted by atomic mass is 10.2. The van der Waals surface area contributed by atoms with E-state index in [9.17, 15) is 4.79 Å².